The minimum absolute atomic E-state index is 0.0446. The van der Waals surface area contributed by atoms with Gasteiger partial charge in [-0.2, -0.15) is 0 Å². The van der Waals surface area contributed by atoms with Crippen LogP contribution in [0.3, 0.4) is 0 Å². The number of benzene rings is 1. The largest absolute Gasteiger partial charge is 0.396 e. The van der Waals surface area contributed by atoms with Crippen molar-refractivity contribution in [2.24, 2.45) is 11.1 Å². The quantitative estimate of drug-likeness (QED) is 0.704. The summed E-state index contributed by atoms with van der Waals surface area (Å²) in [6, 6.07) is 7.72. The second-order valence-electron chi connectivity index (χ2n) is 5.10. The lowest BCUT2D eigenvalue weighted by molar-refractivity contribution is -0.124. The molecule has 1 unspecified atom stereocenters. The number of aliphatic hydroxyl groups is 1. The topological polar surface area (TPSA) is 75.4 Å². The van der Waals surface area contributed by atoms with E-state index in [1.165, 1.54) is 0 Å². The molecule has 1 atom stereocenters. The van der Waals surface area contributed by atoms with Gasteiger partial charge in [-0.25, -0.2) is 0 Å². The summed E-state index contributed by atoms with van der Waals surface area (Å²) in [5, 5.41) is 11.7. The average Bonchev–Trinajstić information content (AvgIpc) is 2.44. The second kappa shape index (κ2) is 7.26. The Morgan fingerprint density at radius 1 is 1.47 bits per heavy atom. The molecule has 0 aliphatic carbocycles. The van der Waals surface area contributed by atoms with E-state index in [9.17, 15) is 4.79 Å². The van der Waals surface area contributed by atoms with Crippen LogP contribution in [0.25, 0.3) is 0 Å². The van der Waals surface area contributed by atoms with Crippen LogP contribution in [0.15, 0.2) is 24.3 Å². The maximum atomic E-state index is 12.2. The molecular weight excluding hydrogens is 240 g/mol. The van der Waals surface area contributed by atoms with Crippen LogP contribution in [0.1, 0.15) is 32.3 Å². The highest BCUT2D eigenvalue weighted by molar-refractivity contribution is 5.95. The average molecular weight is 264 g/mol. The third kappa shape index (κ3) is 4.33. The first-order valence-corrected chi connectivity index (χ1v) is 6.77. The number of rotatable bonds is 7. The Bertz CT molecular complexity index is 414. The first-order valence-electron chi connectivity index (χ1n) is 6.77. The summed E-state index contributed by atoms with van der Waals surface area (Å²) in [4.78, 5) is 12.2. The summed E-state index contributed by atoms with van der Waals surface area (Å²) in [6.07, 6.45) is 2.24. The number of anilines is 1. The Kier molecular flexibility index (Phi) is 5.99. The molecule has 0 aliphatic rings. The molecule has 106 valence electrons. The minimum Gasteiger partial charge on any atom is -0.396 e. The molecule has 0 fully saturated rings. The van der Waals surface area contributed by atoms with Gasteiger partial charge in [-0.3, -0.25) is 4.79 Å². The molecule has 0 radical (unpaired) electrons. The summed E-state index contributed by atoms with van der Waals surface area (Å²) < 4.78 is 0. The van der Waals surface area contributed by atoms with Crippen LogP contribution in [-0.2, 0) is 11.2 Å². The number of carbonyl (C=O) groups excluding carboxylic acids is 1. The third-order valence-corrected chi connectivity index (χ3v) is 3.59. The van der Waals surface area contributed by atoms with E-state index in [1.807, 2.05) is 38.1 Å². The van der Waals surface area contributed by atoms with Crippen molar-refractivity contribution in [2.75, 3.05) is 18.5 Å². The van der Waals surface area contributed by atoms with Crippen LogP contribution in [-0.4, -0.2) is 24.2 Å². The zero-order valence-electron chi connectivity index (χ0n) is 11.8. The fourth-order valence-electron chi connectivity index (χ4n) is 1.77. The Balaban J connectivity index is 2.74. The van der Waals surface area contributed by atoms with Gasteiger partial charge >= 0.3 is 0 Å². The van der Waals surface area contributed by atoms with Crippen molar-refractivity contribution in [3.63, 3.8) is 0 Å². The number of nitrogens with one attached hydrogen (secondary N) is 1. The van der Waals surface area contributed by atoms with E-state index in [0.717, 1.165) is 24.1 Å². The summed E-state index contributed by atoms with van der Waals surface area (Å²) in [5.74, 6) is -0.0446. The van der Waals surface area contributed by atoms with E-state index in [0.29, 0.717) is 13.0 Å². The highest BCUT2D eigenvalue weighted by Gasteiger charge is 2.29. The standard InChI is InChI=1S/C15H24N2O2/c1-3-15(2,11-16)14(19)17-13-8-4-6-12(10-13)7-5-9-18/h4,6,8,10,18H,3,5,7,9,11,16H2,1-2H3,(H,17,19). The molecule has 4 N–H and O–H groups in total. The van der Waals surface area contributed by atoms with Crippen molar-refractivity contribution in [1.82, 2.24) is 0 Å². The smallest absolute Gasteiger partial charge is 0.231 e. The van der Waals surface area contributed by atoms with Crippen molar-refractivity contribution < 1.29 is 9.90 Å². The van der Waals surface area contributed by atoms with Gasteiger partial charge in [-0.15, -0.1) is 0 Å². The first-order chi connectivity index (χ1) is 9.05. The van der Waals surface area contributed by atoms with E-state index in [4.69, 9.17) is 10.8 Å². The van der Waals surface area contributed by atoms with Gasteiger partial charge in [-0.05, 0) is 43.9 Å². The normalized spacial score (nSPS) is 13.9. The first kappa shape index (κ1) is 15.7. The Morgan fingerprint density at radius 2 is 2.21 bits per heavy atom. The molecule has 4 nitrogen and oxygen atoms in total. The summed E-state index contributed by atoms with van der Waals surface area (Å²) in [5.41, 5.74) is 7.05. The van der Waals surface area contributed by atoms with Crippen LogP contribution in [0.4, 0.5) is 5.69 Å². The number of nitrogens with two attached hydrogens (primary N) is 1. The molecule has 0 aromatic heterocycles. The monoisotopic (exact) mass is 264 g/mol. The van der Waals surface area contributed by atoms with E-state index < -0.39 is 5.41 Å². The van der Waals surface area contributed by atoms with Crippen molar-refractivity contribution in [2.45, 2.75) is 33.1 Å². The maximum Gasteiger partial charge on any atom is 0.231 e. The molecule has 1 aromatic rings. The Morgan fingerprint density at radius 3 is 2.79 bits per heavy atom. The summed E-state index contributed by atoms with van der Waals surface area (Å²) in [7, 11) is 0. The van der Waals surface area contributed by atoms with Gasteiger partial charge in [-0.1, -0.05) is 19.1 Å². The van der Waals surface area contributed by atoms with Crippen molar-refractivity contribution in [3.8, 4) is 0 Å². The second-order valence-corrected chi connectivity index (χ2v) is 5.10. The van der Waals surface area contributed by atoms with E-state index in [-0.39, 0.29) is 12.5 Å². The molecule has 0 bridgehead atoms. The van der Waals surface area contributed by atoms with Gasteiger partial charge in [0.05, 0.1) is 5.41 Å². The summed E-state index contributed by atoms with van der Waals surface area (Å²) in [6.45, 7) is 4.35. The fraction of sp³-hybridized carbons (Fsp3) is 0.533. The Labute approximate surface area is 115 Å². The molecule has 0 heterocycles. The van der Waals surface area contributed by atoms with Crippen LogP contribution in [0, 0.1) is 5.41 Å². The molecule has 4 heteroatoms. The number of aryl methyl sites for hydroxylation is 1. The predicted octanol–water partition coefficient (Wildman–Crippen LogP) is 1.93. The van der Waals surface area contributed by atoms with Crippen LogP contribution < -0.4 is 11.1 Å². The molecule has 0 aliphatic heterocycles. The molecule has 0 spiro atoms. The minimum atomic E-state index is -0.527. The van der Waals surface area contributed by atoms with Gasteiger partial charge in [0, 0.05) is 18.8 Å². The van der Waals surface area contributed by atoms with Crippen molar-refractivity contribution in [3.05, 3.63) is 29.8 Å². The zero-order chi connectivity index (χ0) is 14.3. The number of hydrogen-bond donors (Lipinski definition) is 3. The lowest BCUT2D eigenvalue weighted by Gasteiger charge is -2.25. The lowest BCUT2D eigenvalue weighted by Crippen LogP contribution is -2.39. The van der Waals surface area contributed by atoms with Gasteiger partial charge in [0.15, 0.2) is 0 Å². The fourth-order valence-corrected chi connectivity index (χ4v) is 1.77. The highest BCUT2D eigenvalue weighted by atomic mass is 16.2. The van der Waals surface area contributed by atoms with Crippen LogP contribution in [0.5, 0.6) is 0 Å². The lowest BCUT2D eigenvalue weighted by atomic mass is 9.86. The molecule has 1 rings (SSSR count). The molecule has 19 heavy (non-hydrogen) atoms. The summed E-state index contributed by atoms with van der Waals surface area (Å²) >= 11 is 0. The van der Waals surface area contributed by atoms with E-state index in [2.05, 4.69) is 5.32 Å². The number of aliphatic hydroxyl groups excluding tert-OH is 1. The van der Waals surface area contributed by atoms with Gasteiger partial charge in [0.2, 0.25) is 5.91 Å². The molecule has 0 saturated heterocycles. The van der Waals surface area contributed by atoms with Crippen LogP contribution in [0.2, 0.25) is 0 Å². The Hall–Kier alpha value is -1.39. The number of carbonyl (C=O) groups is 1. The molecule has 1 aromatic carbocycles. The van der Waals surface area contributed by atoms with Crippen molar-refractivity contribution >= 4 is 11.6 Å². The van der Waals surface area contributed by atoms with Crippen LogP contribution >= 0.6 is 0 Å². The van der Waals surface area contributed by atoms with Gasteiger partial charge in [0.1, 0.15) is 0 Å². The SMILES string of the molecule is CCC(C)(CN)C(=O)Nc1cccc(CCCO)c1. The molecule has 0 saturated carbocycles. The zero-order valence-corrected chi connectivity index (χ0v) is 11.8. The maximum absolute atomic E-state index is 12.2. The van der Waals surface area contributed by atoms with Crippen molar-refractivity contribution in [1.29, 1.82) is 0 Å². The van der Waals surface area contributed by atoms with Gasteiger partial charge in [0.25, 0.3) is 0 Å². The highest BCUT2D eigenvalue weighted by Crippen LogP contribution is 2.22. The predicted molar refractivity (Wildman–Crippen MR) is 77.9 cm³/mol. The third-order valence-electron chi connectivity index (χ3n) is 3.59. The molecule has 1 amide bonds. The van der Waals surface area contributed by atoms with E-state index >= 15 is 0 Å². The number of hydrogen-bond acceptors (Lipinski definition) is 3. The van der Waals surface area contributed by atoms with Gasteiger partial charge < -0.3 is 16.2 Å². The number of amides is 1. The molecular formula is C15H24N2O2. The van der Waals surface area contributed by atoms with E-state index in [1.54, 1.807) is 0 Å².